The summed E-state index contributed by atoms with van der Waals surface area (Å²) in [4.78, 5) is 0. The first-order valence-electron chi connectivity index (χ1n) is 6.59. The molecule has 4 N–H and O–H groups in total. The molecule has 4 nitrogen and oxygen atoms in total. The average Bonchev–Trinajstić information content (AvgIpc) is 2.46. The van der Waals surface area contributed by atoms with E-state index < -0.39 is 0 Å². The lowest BCUT2D eigenvalue weighted by molar-refractivity contribution is 0.318. The van der Waals surface area contributed by atoms with Crippen molar-refractivity contribution in [1.82, 2.24) is 5.32 Å². The van der Waals surface area contributed by atoms with Gasteiger partial charge in [0.25, 0.3) is 0 Å². The summed E-state index contributed by atoms with van der Waals surface area (Å²) in [5, 5.41) is 15.3. The van der Waals surface area contributed by atoms with Crippen LogP contribution in [0.1, 0.15) is 29.5 Å². The summed E-state index contributed by atoms with van der Waals surface area (Å²) in [6, 6.07) is 6.55. The molecule has 1 heterocycles. The molecule has 104 valence electrons. The number of rotatable bonds is 4. The van der Waals surface area contributed by atoms with E-state index in [9.17, 15) is 0 Å². The van der Waals surface area contributed by atoms with Crippen molar-refractivity contribution >= 4 is 17.6 Å². The van der Waals surface area contributed by atoms with Crippen LogP contribution in [0.2, 0.25) is 0 Å². The quantitative estimate of drug-likeness (QED) is 0.341. The number of oxime groups is 1. The van der Waals surface area contributed by atoms with Crippen LogP contribution in [-0.4, -0.2) is 28.6 Å². The molecular formula is C14H21N3OS. The van der Waals surface area contributed by atoms with Gasteiger partial charge >= 0.3 is 0 Å². The Bertz CT molecular complexity index is 456. The van der Waals surface area contributed by atoms with Gasteiger partial charge < -0.3 is 16.3 Å². The molecule has 0 saturated carbocycles. The summed E-state index contributed by atoms with van der Waals surface area (Å²) >= 11 is 2.04. The minimum Gasteiger partial charge on any atom is -0.409 e. The normalized spacial score (nSPS) is 17.6. The number of hydrogen-bond donors (Lipinski definition) is 3. The number of aryl methyl sites for hydroxylation is 1. The number of amidine groups is 1. The van der Waals surface area contributed by atoms with Crippen LogP contribution in [0.15, 0.2) is 23.4 Å². The van der Waals surface area contributed by atoms with Crippen molar-refractivity contribution in [3.05, 3.63) is 34.9 Å². The van der Waals surface area contributed by atoms with E-state index in [0.29, 0.717) is 6.04 Å². The van der Waals surface area contributed by atoms with Gasteiger partial charge in [-0.1, -0.05) is 17.3 Å². The number of benzene rings is 1. The van der Waals surface area contributed by atoms with Gasteiger partial charge in [-0.2, -0.15) is 11.8 Å². The summed E-state index contributed by atoms with van der Waals surface area (Å²) in [5.74, 6) is 2.69. The van der Waals surface area contributed by atoms with Gasteiger partial charge in [-0.25, -0.2) is 0 Å². The molecule has 5 heteroatoms. The predicted octanol–water partition coefficient (Wildman–Crippen LogP) is 2.07. The molecule has 1 aromatic carbocycles. The molecule has 0 radical (unpaired) electrons. The minimum atomic E-state index is 0.159. The van der Waals surface area contributed by atoms with E-state index in [-0.39, 0.29) is 5.84 Å². The highest BCUT2D eigenvalue weighted by molar-refractivity contribution is 7.99. The number of nitrogens with zero attached hydrogens (tertiary/aromatic N) is 1. The lowest BCUT2D eigenvalue weighted by atomic mass is 10.0. The summed E-state index contributed by atoms with van der Waals surface area (Å²) in [6.45, 7) is 2.94. The molecule has 0 aromatic heterocycles. The lowest BCUT2D eigenvalue weighted by Crippen LogP contribution is -2.32. The molecule has 1 aliphatic rings. The maximum Gasteiger partial charge on any atom is 0.170 e. The third-order valence-corrected chi connectivity index (χ3v) is 4.60. The summed E-state index contributed by atoms with van der Waals surface area (Å²) in [5.41, 5.74) is 8.79. The maximum absolute atomic E-state index is 8.67. The SMILES string of the molecule is Cc1cc(/C(N)=N/O)ccc1CNC1CCSCC1. The molecule has 1 aromatic rings. The number of nitrogens with two attached hydrogens (primary N) is 1. The lowest BCUT2D eigenvalue weighted by Gasteiger charge is -2.23. The van der Waals surface area contributed by atoms with Crippen LogP contribution in [-0.2, 0) is 6.54 Å². The van der Waals surface area contributed by atoms with Gasteiger partial charge in [0, 0.05) is 18.2 Å². The maximum atomic E-state index is 8.67. The van der Waals surface area contributed by atoms with E-state index in [1.807, 2.05) is 30.0 Å². The number of thioether (sulfide) groups is 1. The van der Waals surface area contributed by atoms with Crippen molar-refractivity contribution in [3.63, 3.8) is 0 Å². The molecular weight excluding hydrogens is 258 g/mol. The molecule has 2 rings (SSSR count). The Labute approximate surface area is 118 Å². The Morgan fingerprint density at radius 1 is 1.47 bits per heavy atom. The third-order valence-electron chi connectivity index (χ3n) is 3.55. The van der Waals surface area contributed by atoms with Gasteiger partial charge in [0.15, 0.2) is 5.84 Å². The standard InChI is InChI=1S/C14H21N3OS/c1-10-8-11(14(15)17-18)2-3-12(10)9-16-13-4-6-19-7-5-13/h2-3,8,13,16,18H,4-7,9H2,1H3,(H2,15,17). The summed E-state index contributed by atoms with van der Waals surface area (Å²) in [6.07, 6.45) is 2.51. The minimum absolute atomic E-state index is 0.159. The van der Waals surface area contributed by atoms with Crippen LogP contribution in [0, 0.1) is 6.92 Å². The molecule has 0 atom stereocenters. The van der Waals surface area contributed by atoms with Crippen LogP contribution >= 0.6 is 11.8 Å². The summed E-state index contributed by atoms with van der Waals surface area (Å²) in [7, 11) is 0. The second kappa shape index (κ2) is 6.82. The van der Waals surface area contributed by atoms with E-state index in [2.05, 4.69) is 17.4 Å². The molecule has 0 unspecified atom stereocenters. The van der Waals surface area contributed by atoms with Crippen LogP contribution in [0.4, 0.5) is 0 Å². The molecule has 1 fully saturated rings. The van der Waals surface area contributed by atoms with Crippen molar-refractivity contribution < 1.29 is 5.21 Å². The number of hydrogen-bond acceptors (Lipinski definition) is 4. The fraction of sp³-hybridized carbons (Fsp3) is 0.500. The van der Waals surface area contributed by atoms with E-state index in [4.69, 9.17) is 10.9 Å². The predicted molar refractivity (Wildman–Crippen MR) is 80.9 cm³/mol. The van der Waals surface area contributed by atoms with E-state index in [0.717, 1.165) is 12.1 Å². The number of nitrogens with one attached hydrogen (secondary N) is 1. The smallest absolute Gasteiger partial charge is 0.170 e. The highest BCUT2D eigenvalue weighted by atomic mass is 32.2. The van der Waals surface area contributed by atoms with Gasteiger partial charge in [0.2, 0.25) is 0 Å². The first-order valence-corrected chi connectivity index (χ1v) is 7.74. The molecule has 1 aliphatic heterocycles. The monoisotopic (exact) mass is 279 g/mol. The Hall–Kier alpha value is -1.20. The molecule has 0 aliphatic carbocycles. The van der Waals surface area contributed by atoms with Crippen molar-refractivity contribution in [3.8, 4) is 0 Å². The fourth-order valence-corrected chi connectivity index (χ4v) is 3.37. The Kier molecular flexibility index (Phi) is 5.10. The molecule has 0 spiro atoms. The Balaban J connectivity index is 1.97. The van der Waals surface area contributed by atoms with E-state index in [1.165, 1.54) is 35.5 Å². The van der Waals surface area contributed by atoms with Crippen molar-refractivity contribution in [2.45, 2.75) is 32.4 Å². The van der Waals surface area contributed by atoms with Gasteiger partial charge in [-0.05, 0) is 48.5 Å². The van der Waals surface area contributed by atoms with E-state index >= 15 is 0 Å². The zero-order chi connectivity index (χ0) is 13.7. The zero-order valence-corrected chi connectivity index (χ0v) is 12.0. The van der Waals surface area contributed by atoms with Crippen LogP contribution in [0.3, 0.4) is 0 Å². The van der Waals surface area contributed by atoms with Gasteiger partial charge in [0.1, 0.15) is 0 Å². The Morgan fingerprint density at radius 3 is 2.84 bits per heavy atom. The first-order chi connectivity index (χ1) is 9.20. The van der Waals surface area contributed by atoms with E-state index in [1.54, 1.807) is 0 Å². The second-order valence-electron chi connectivity index (χ2n) is 4.89. The Morgan fingerprint density at radius 2 is 2.21 bits per heavy atom. The molecule has 0 bridgehead atoms. The van der Waals surface area contributed by atoms with Gasteiger partial charge in [-0.3, -0.25) is 0 Å². The van der Waals surface area contributed by atoms with Crippen LogP contribution in [0.25, 0.3) is 0 Å². The second-order valence-corrected chi connectivity index (χ2v) is 6.12. The molecule has 0 amide bonds. The highest BCUT2D eigenvalue weighted by Crippen LogP contribution is 2.18. The van der Waals surface area contributed by atoms with Crippen molar-refractivity contribution in [2.75, 3.05) is 11.5 Å². The zero-order valence-electron chi connectivity index (χ0n) is 11.2. The topological polar surface area (TPSA) is 70.6 Å². The van der Waals surface area contributed by atoms with Gasteiger partial charge in [-0.15, -0.1) is 0 Å². The van der Waals surface area contributed by atoms with Gasteiger partial charge in [0.05, 0.1) is 0 Å². The van der Waals surface area contributed by atoms with Crippen LogP contribution in [0.5, 0.6) is 0 Å². The third kappa shape index (κ3) is 3.88. The fourth-order valence-electron chi connectivity index (χ4n) is 2.27. The largest absolute Gasteiger partial charge is 0.409 e. The molecule has 19 heavy (non-hydrogen) atoms. The first kappa shape index (κ1) is 14.2. The van der Waals surface area contributed by atoms with Crippen molar-refractivity contribution in [1.29, 1.82) is 0 Å². The van der Waals surface area contributed by atoms with Crippen LogP contribution < -0.4 is 11.1 Å². The molecule has 1 saturated heterocycles. The highest BCUT2D eigenvalue weighted by Gasteiger charge is 2.13. The van der Waals surface area contributed by atoms with Crippen molar-refractivity contribution in [2.24, 2.45) is 10.9 Å². The summed E-state index contributed by atoms with van der Waals surface area (Å²) < 4.78 is 0. The average molecular weight is 279 g/mol.